The predicted octanol–water partition coefficient (Wildman–Crippen LogP) is 1.46. The standard InChI is InChI=1S/C22H32N4O6S/c1-13(2)18(21(29)32-4)25-20(28)19-16(9-10-26(19)17(27)12-33-5)24-22(30)23-14-7-6-8-15(11-14)31-3/h6-8,11,13,16,18-19H,9-10,12H2,1-5H3,(H,25,28)(H2,23,24,30)/t16-,18+,19+/m0/s1. The van der Waals surface area contributed by atoms with Gasteiger partial charge in [-0.1, -0.05) is 19.9 Å². The van der Waals surface area contributed by atoms with Gasteiger partial charge in [0.15, 0.2) is 0 Å². The van der Waals surface area contributed by atoms with Crippen LogP contribution in [0.4, 0.5) is 10.5 Å². The lowest BCUT2D eigenvalue weighted by atomic mass is 10.0. The van der Waals surface area contributed by atoms with E-state index in [0.29, 0.717) is 24.4 Å². The molecule has 1 heterocycles. The zero-order valence-electron chi connectivity index (χ0n) is 19.5. The second-order valence-corrected chi connectivity index (χ2v) is 8.81. The molecule has 0 aliphatic carbocycles. The van der Waals surface area contributed by atoms with Crippen molar-refractivity contribution in [3.63, 3.8) is 0 Å². The van der Waals surface area contributed by atoms with Gasteiger partial charge >= 0.3 is 12.0 Å². The number of nitrogens with zero attached hydrogens (tertiary/aromatic N) is 1. The Morgan fingerprint density at radius 2 is 1.94 bits per heavy atom. The largest absolute Gasteiger partial charge is 0.497 e. The summed E-state index contributed by atoms with van der Waals surface area (Å²) in [5.74, 6) is -0.726. The number of nitrogens with one attached hydrogen (secondary N) is 3. The molecule has 182 valence electrons. The van der Waals surface area contributed by atoms with Crippen LogP contribution in [0, 0.1) is 5.92 Å². The zero-order chi connectivity index (χ0) is 24.5. The van der Waals surface area contributed by atoms with Crippen LogP contribution in [0.1, 0.15) is 20.3 Å². The molecule has 0 aromatic heterocycles. The highest BCUT2D eigenvalue weighted by atomic mass is 32.2. The molecule has 2 rings (SSSR count). The van der Waals surface area contributed by atoms with Crippen LogP contribution in [-0.2, 0) is 19.1 Å². The minimum absolute atomic E-state index is 0.205. The van der Waals surface area contributed by atoms with E-state index in [9.17, 15) is 19.2 Å². The summed E-state index contributed by atoms with van der Waals surface area (Å²) in [6.45, 7) is 3.88. The third-order valence-electron chi connectivity index (χ3n) is 5.32. The van der Waals surface area contributed by atoms with Crippen molar-refractivity contribution in [2.24, 2.45) is 5.92 Å². The number of esters is 1. The molecular weight excluding hydrogens is 448 g/mol. The van der Waals surface area contributed by atoms with E-state index in [0.717, 1.165) is 0 Å². The molecule has 1 aliphatic rings. The maximum absolute atomic E-state index is 13.2. The van der Waals surface area contributed by atoms with Crippen molar-refractivity contribution in [2.75, 3.05) is 38.1 Å². The Labute approximate surface area is 198 Å². The number of benzene rings is 1. The van der Waals surface area contributed by atoms with Gasteiger partial charge in [0.2, 0.25) is 11.8 Å². The number of carbonyl (C=O) groups excluding carboxylic acids is 4. The minimum atomic E-state index is -0.952. The molecule has 1 aromatic carbocycles. The van der Waals surface area contributed by atoms with Crippen molar-refractivity contribution >= 4 is 41.3 Å². The van der Waals surface area contributed by atoms with Crippen LogP contribution in [0.15, 0.2) is 24.3 Å². The van der Waals surface area contributed by atoms with Crippen molar-refractivity contribution < 1.29 is 28.7 Å². The highest BCUT2D eigenvalue weighted by Gasteiger charge is 2.43. The van der Waals surface area contributed by atoms with Gasteiger partial charge in [-0.2, -0.15) is 11.8 Å². The molecule has 33 heavy (non-hydrogen) atoms. The molecule has 10 nitrogen and oxygen atoms in total. The summed E-state index contributed by atoms with van der Waals surface area (Å²) >= 11 is 1.35. The van der Waals surface area contributed by atoms with Crippen molar-refractivity contribution in [1.29, 1.82) is 0 Å². The Bertz CT molecular complexity index is 865. The van der Waals surface area contributed by atoms with Gasteiger partial charge in [0.05, 0.1) is 26.0 Å². The summed E-state index contributed by atoms with van der Waals surface area (Å²) in [7, 11) is 2.78. The van der Waals surface area contributed by atoms with E-state index < -0.39 is 36.0 Å². The van der Waals surface area contributed by atoms with E-state index >= 15 is 0 Å². The van der Waals surface area contributed by atoms with Crippen LogP contribution in [0.5, 0.6) is 5.75 Å². The van der Waals surface area contributed by atoms with Gasteiger partial charge in [-0.05, 0) is 30.7 Å². The lowest BCUT2D eigenvalue weighted by molar-refractivity contribution is -0.147. The number of rotatable bonds is 9. The molecule has 3 N–H and O–H groups in total. The quantitative estimate of drug-likeness (QED) is 0.457. The number of hydrogen-bond donors (Lipinski definition) is 3. The van der Waals surface area contributed by atoms with Crippen LogP contribution in [0.3, 0.4) is 0 Å². The summed E-state index contributed by atoms with van der Waals surface area (Å²) in [4.78, 5) is 52.1. The van der Waals surface area contributed by atoms with Crippen LogP contribution in [-0.4, -0.2) is 79.6 Å². The Morgan fingerprint density at radius 3 is 2.55 bits per heavy atom. The minimum Gasteiger partial charge on any atom is -0.497 e. The third kappa shape index (κ3) is 7.01. The number of urea groups is 1. The predicted molar refractivity (Wildman–Crippen MR) is 126 cm³/mol. The van der Waals surface area contributed by atoms with Crippen molar-refractivity contribution in [3.05, 3.63) is 24.3 Å². The average molecular weight is 481 g/mol. The molecule has 4 amide bonds. The summed E-state index contributed by atoms with van der Waals surface area (Å²) in [5, 5.41) is 8.22. The van der Waals surface area contributed by atoms with Crippen molar-refractivity contribution in [1.82, 2.24) is 15.5 Å². The number of likely N-dealkylation sites (tertiary alicyclic amines) is 1. The van der Waals surface area contributed by atoms with E-state index in [-0.39, 0.29) is 17.6 Å². The maximum atomic E-state index is 13.2. The fraction of sp³-hybridized carbons (Fsp3) is 0.545. The first-order valence-corrected chi connectivity index (χ1v) is 12.0. The normalized spacial score (nSPS) is 18.4. The lowest BCUT2D eigenvalue weighted by Crippen LogP contribution is -2.58. The number of ether oxygens (including phenoxy) is 2. The molecule has 1 fully saturated rings. The van der Waals surface area contributed by atoms with Crippen LogP contribution < -0.4 is 20.7 Å². The number of thioether (sulfide) groups is 1. The van der Waals surface area contributed by atoms with Gasteiger partial charge in [0, 0.05) is 18.3 Å². The second kappa shape index (κ2) is 12.3. The number of anilines is 1. The lowest BCUT2D eigenvalue weighted by Gasteiger charge is -2.30. The van der Waals surface area contributed by atoms with Crippen molar-refractivity contribution in [3.8, 4) is 5.75 Å². The summed E-state index contributed by atoms with van der Waals surface area (Å²) in [6, 6.07) is 3.89. The Balaban J connectivity index is 2.18. The molecule has 0 radical (unpaired) electrons. The molecule has 3 atom stereocenters. The molecule has 1 aliphatic heterocycles. The summed E-state index contributed by atoms with van der Waals surface area (Å²) < 4.78 is 9.96. The smallest absolute Gasteiger partial charge is 0.328 e. The van der Waals surface area contributed by atoms with Gasteiger partial charge in [-0.3, -0.25) is 9.59 Å². The number of amides is 4. The Morgan fingerprint density at radius 1 is 1.21 bits per heavy atom. The van der Waals surface area contributed by atoms with E-state index in [1.165, 1.54) is 30.9 Å². The fourth-order valence-electron chi connectivity index (χ4n) is 3.65. The second-order valence-electron chi connectivity index (χ2n) is 7.94. The first-order valence-electron chi connectivity index (χ1n) is 10.6. The first-order chi connectivity index (χ1) is 15.7. The monoisotopic (exact) mass is 480 g/mol. The Kier molecular flexibility index (Phi) is 9.83. The molecule has 1 saturated heterocycles. The molecule has 0 bridgehead atoms. The Hall–Kier alpha value is -2.95. The third-order valence-corrected chi connectivity index (χ3v) is 5.85. The summed E-state index contributed by atoms with van der Waals surface area (Å²) in [6.07, 6.45) is 2.20. The highest BCUT2D eigenvalue weighted by molar-refractivity contribution is 7.99. The van der Waals surface area contributed by atoms with Crippen LogP contribution in [0.2, 0.25) is 0 Å². The fourth-order valence-corrected chi connectivity index (χ4v) is 4.07. The molecule has 0 spiro atoms. The number of carbonyl (C=O) groups is 4. The first kappa shape index (κ1) is 26.3. The highest BCUT2D eigenvalue weighted by Crippen LogP contribution is 2.22. The molecule has 11 heteroatoms. The van der Waals surface area contributed by atoms with Crippen LogP contribution >= 0.6 is 11.8 Å². The average Bonchev–Trinajstić information content (AvgIpc) is 3.20. The SMILES string of the molecule is COC(=O)[C@H](NC(=O)[C@H]1[C@@H](NC(=O)Nc2cccc(OC)c2)CCN1C(=O)CSC)C(C)C. The van der Waals surface area contributed by atoms with E-state index in [2.05, 4.69) is 16.0 Å². The van der Waals surface area contributed by atoms with E-state index in [1.54, 1.807) is 44.4 Å². The molecular formula is C22H32N4O6S. The zero-order valence-corrected chi connectivity index (χ0v) is 20.4. The molecule has 1 aromatic rings. The van der Waals surface area contributed by atoms with Gasteiger partial charge < -0.3 is 30.3 Å². The number of hydrogen-bond acceptors (Lipinski definition) is 7. The van der Waals surface area contributed by atoms with E-state index in [1.807, 2.05) is 0 Å². The maximum Gasteiger partial charge on any atom is 0.328 e. The van der Waals surface area contributed by atoms with Crippen LogP contribution in [0.25, 0.3) is 0 Å². The topological polar surface area (TPSA) is 126 Å². The van der Waals surface area contributed by atoms with Gasteiger partial charge in [0.1, 0.15) is 17.8 Å². The molecule has 0 unspecified atom stereocenters. The van der Waals surface area contributed by atoms with E-state index in [4.69, 9.17) is 9.47 Å². The van der Waals surface area contributed by atoms with Crippen molar-refractivity contribution in [2.45, 2.75) is 38.4 Å². The van der Waals surface area contributed by atoms with Gasteiger partial charge in [-0.25, -0.2) is 9.59 Å². The van der Waals surface area contributed by atoms with Gasteiger partial charge in [-0.15, -0.1) is 0 Å². The molecule has 0 saturated carbocycles. The summed E-state index contributed by atoms with van der Waals surface area (Å²) in [5.41, 5.74) is 0.520. The number of methoxy groups -OCH3 is 2. The van der Waals surface area contributed by atoms with Gasteiger partial charge in [0.25, 0.3) is 0 Å².